The maximum absolute atomic E-state index is 6.19. The molecule has 0 aliphatic carbocycles. The van der Waals surface area contributed by atoms with Crippen LogP contribution in [-0.2, 0) is 6.42 Å². The molecule has 0 fully saturated rings. The number of hydrogen-bond acceptors (Lipinski definition) is 6. The first-order valence-corrected chi connectivity index (χ1v) is 18.8. The topological polar surface area (TPSA) is 77.3 Å². The molecule has 0 N–H and O–H groups in total. The van der Waals surface area contributed by atoms with Crippen molar-refractivity contribution in [3.05, 3.63) is 188 Å². The summed E-state index contributed by atoms with van der Waals surface area (Å²) in [6.45, 7) is 0. The summed E-state index contributed by atoms with van der Waals surface area (Å²) in [4.78, 5) is 29.4. The van der Waals surface area contributed by atoms with Crippen molar-refractivity contribution < 1.29 is 0 Å². The van der Waals surface area contributed by atoms with Gasteiger partial charge in [-0.2, -0.15) is 0 Å². The lowest BCUT2D eigenvalue weighted by Gasteiger charge is -2.11. The first-order chi connectivity index (χ1) is 28.2. The standard InChI is InChI=1S/C51H32N6/c1-2-33(11-3-5-18-42-28-27-38-25-24-37-17-10-30-53-47(37)48(38)54-42)49-55-50(57-51(56-49)44-20-8-13-34-12-4-6-19-43(34)44)41-15-7-14-39(31-41)40-26-22-35-21-23-36-16-9-29-52-46(36)45(35)32-40/h1,3-17,19-32H,18H2/b5-3-,33-11+. The van der Waals surface area contributed by atoms with E-state index in [1.54, 1.807) is 6.20 Å². The Morgan fingerprint density at radius 2 is 1.16 bits per heavy atom. The molecule has 0 aliphatic heterocycles. The van der Waals surface area contributed by atoms with Crippen molar-refractivity contribution in [2.75, 3.05) is 0 Å². The van der Waals surface area contributed by atoms with Crippen molar-refractivity contribution in [3.8, 4) is 46.2 Å². The first-order valence-electron chi connectivity index (χ1n) is 18.8. The molecule has 6 aromatic carbocycles. The van der Waals surface area contributed by atoms with Crippen molar-refractivity contribution in [2.45, 2.75) is 6.42 Å². The zero-order valence-electron chi connectivity index (χ0n) is 30.7. The minimum atomic E-state index is 0.421. The van der Waals surface area contributed by atoms with Crippen molar-refractivity contribution in [1.29, 1.82) is 0 Å². The molecule has 0 amide bonds. The number of pyridine rings is 3. The molecule has 0 aliphatic rings. The van der Waals surface area contributed by atoms with Gasteiger partial charge in [-0.15, -0.1) is 6.42 Å². The van der Waals surface area contributed by atoms with Crippen molar-refractivity contribution in [2.24, 2.45) is 0 Å². The molecule has 0 spiro atoms. The summed E-state index contributed by atoms with van der Waals surface area (Å²) in [5.41, 5.74) is 8.13. The fraction of sp³-hybridized carbons (Fsp3) is 0.0196. The van der Waals surface area contributed by atoms with Crippen LogP contribution in [0.25, 0.3) is 93.7 Å². The molecule has 57 heavy (non-hydrogen) atoms. The van der Waals surface area contributed by atoms with E-state index in [2.05, 4.69) is 102 Å². The van der Waals surface area contributed by atoms with Crippen LogP contribution in [0.5, 0.6) is 0 Å². The lowest BCUT2D eigenvalue weighted by molar-refractivity contribution is 1.04. The van der Waals surface area contributed by atoms with E-state index in [1.807, 2.05) is 79.0 Å². The zero-order chi connectivity index (χ0) is 38.1. The van der Waals surface area contributed by atoms with Gasteiger partial charge in [0.05, 0.1) is 22.1 Å². The van der Waals surface area contributed by atoms with Gasteiger partial charge in [-0.3, -0.25) is 15.0 Å². The Morgan fingerprint density at radius 3 is 2.04 bits per heavy atom. The fourth-order valence-electron chi connectivity index (χ4n) is 7.47. The van der Waals surface area contributed by atoms with Crippen LogP contribution in [0.15, 0.2) is 176 Å². The van der Waals surface area contributed by atoms with E-state index >= 15 is 0 Å². The molecule has 0 atom stereocenters. The minimum absolute atomic E-state index is 0.421. The van der Waals surface area contributed by atoms with E-state index in [9.17, 15) is 0 Å². The zero-order valence-corrected chi connectivity index (χ0v) is 30.7. The summed E-state index contributed by atoms with van der Waals surface area (Å²) in [6, 6.07) is 49.9. The Hall–Kier alpha value is -7.88. The lowest BCUT2D eigenvalue weighted by atomic mass is 9.98. The van der Waals surface area contributed by atoms with E-state index in [0.717, 1.165) is 82.2 Å². The SMILES string of the molecule is C#C/C(=C\C=C/Cc1ccc2ccc3cccnc3c2n1)c1nc(-c2cccc(-c3ccc4ccc5cccnc5c4c3)c2)nc(-c2cccc3ccccc23)n1. The van der Waals surface area contributed by atoms with Gasteiger partial charge in [0, 0.05) is 57.2 Å². The summed E-state index contributed by atoms with van der Waals surface area (Å²) >= 11 is 0. The third kappa shape index (κ3) is 6.43. The molecule has 0 unspecified atom stereocenters. The highest BCUT2D eigenvalue weighted by atomic mass is 15.0. The van der Waals surface area contributed by atoms with Crippen LogP contribution in [0.3, 0.4) is 0 Å². The Balaban J connectivity index is 1.04. The normalized spacial score (nSPS) is 11.9. The van der Waals surface area contributed by atoms with Gasteiger partial charge in [0.2, 0.25) is 0 Å². The molecule has 4 heterocycles. The first kappa shape index (κ1) is 33.7. The smallest absolute Gasteiger partial charge is 0.172 e. The van der Waals surface area contributed by atoms with E-state index in [1.165, 1.54) is 0 Å². The van der Waals surface area contributed by atoms with Crippen LogP contribution in [-0.4, -0.2) is 29.9 Å². The van der Waals surface area contributed by atoms with Gasteiger partial charge < -0.3 is 0 Å². The van der Waals surface area contributed by atoms with Gasteiger partial charge >= 0.3 is 0 Å². The Kier molecular flexibility index (Phi) is 8.51. The van der Waals surface area contributed by atoms with E-state index in [0.29, 0.717) is 29.5 Å². The van der Waals surface area contributed by atoms with Crippen LogP contribution >= 0.6 is 0 Å². The molecule has 0 bridgehead atoms. The maximum atomic E-state index is 6.19. The van der Waals surface area contributed by atoms with Gasteiger partial charge in [0.15, 0.2) is 17.5 Å². The number of allylic oxidation sites excluding steroid dienone is 4. The van der Waals surface area contributed by atoms with Crippen LogP contribution < -0.4 is 0 Å². The van der Waals surface area contributed by atoms with Crippen LogP contribution in [0, 0.1) is 12.3 Å². The minimum Gasteiger partial charge on any atom is -0.256 e. The van der Waals surface area contributed by atoms with E-state index in [4.69, 9.17) is 31.3 Å². The number of nitrogens with zero attached hydrogens (tertiary/aromatic N) is 6. The molecule has 4 aromatic heterocycles. The largest absolute Gasteiger partial charge is 0.256 e. The Bertz CT molecular complexity index is 3300. The highest BCUT2D eigenvalue weighted by molar-refractivity contribution is 6.07. The molecule has 6 nitrogen and oxygen atoms in total. The number of fused-ring (bicyclic) bond motifs is 7. The molecular weight excluding hydrogens is 697 g/mol. The van der Waals surface area contributed by atoms with Crippen LogP contribution in [0.4, 0.5) is 0 Å². The Labute approximate surface area is 329 Å². The highest BCUT2D eigenvalue weighted by Gasteiger charge is 2.16. The Morgan fingerprint density at radius 1 is 0.509 bits per heavy atom. The second-order valence-electron chi connectivity index (χ2n) is 13.9. The van der Waals surface area contributed by atoms with Crippen LogP contribution in [0.1, 0.15) is 11.5 Å². The van der Waals surface area contributed by atoms with Gasteiger partial charge in [-0.25, -0.2) is 15.0 Å². The van der Waals surface area contributed by atoms with Crippen LogP contribution in [0.2, 0.25) is 0 Å². The van der Waals surface area contributed by atoms with Gasteiger partial charge in [0.1, 0.15) is 0 Å². The van der Waals surface area contributed by atoms with Gasteiger partial charge in [-0.05, 0) is 63.7 Å². The predicted octanol–water partition coefficient (Wildman–Crippen LogP) is 11.6. The third-order valence-electron chi connectivity index (χ3n) is 10.3. The summed E-state index contributed by atoms with van der Waals surface area (Å²) in [6.07, 6.45) is 16.3. The summed E-state index contributed by atoms with van der Waals surface area (Å²) < 4.78 is 0. The number of hydrogen-bond donors (Lipinski definition) is 0. The average Bonchev–Trinajstić information content (AvgIpc) is 3.28. The average molecular weight is 729 g/mol. The monoisotopic (exact) mass is 728 g/mol. The molecule has 10 rings (SSSR count). The summed E-state index contributed by atoms with van der Waals surface area (Å²) in [5.74, 6) is 4.35. The molecular formula is C51H32N6. The number of benzene rings is 6. The van der Waals surface area contributed by atoms with Gasteiger partial charge in [-0.1, -0.05) is 133 Å². The summed E-state index contributed by atoms with van der Waals surface area (Å²) in [5, 5.41) is 7.63. The van der Waals surface area contributed by atoms with Gasteiger partial charge in [0.25, 0.3) is 0 Å². The molecule has 0 saturated carbocycles. The molecule has 0 saturated heterocycles. The van der Waals surface area contributed by atoms with E-state index in [-0.39, 0.29) is 0 Å². The second-order valence-corrected chi connectivity index (χ2v) is 13.9. The second kappa shape index (κ2) is 14.4. The number of aromatic nitrogens is 6. The van der Waals surface area contributed by atoms with E-state index < -0.39 is 0 Å². The predicted molar refractivity (Wildman–Crippen MR) is 233 cm³/mol. The lowest BCUT2D eigenvalue weighted by Crippen LogP contribution is -2.03. The number of terminal acetylenes is 1. The van der Waals surface area contributed by atoms with Crippen molar-refractivity contribution >= 4 is 59.8 Å². The quantitative estimate of drug-likeness (QED) is 0.0924. The molecule has 0 radical (unpaired) electrons. The molecule has 6 heteroatoms. The summed E-state index contributed by atoms with van der Waals surface area (Å²) in [7, 11) is 0. The maximum Gasteiger partial charge on any atom is 0.172 e. The van der Waals surface area contributed by atoms with Crippen molar-refractivity contribution in [1.82, 2.24) is 29.9 Å². The highest BCUT2D eigenvalue weighted by Crippen LogP contribution is 2.33. The van der Waals surface area contributed by atoms with Crippen molar-refractivity contribution in [3.63, 3.8) is 0 Å². The molecule has 266 valence electrons. The fourth-order valence-corrected chi connectivity index (χ4v) is 7.47. The molecule has 10 aromatic rings. The third-order valence-corrected chi connectivity index (χ3v) is 10.3. The number of rotatable bonds is 7.